The zero-order valence-electron chi connectivity index (χ0n) is 21.6. The molecular weight excluding hydrogens is 484 g/mol. The third-order valence-electron chi connectivity index (χ3n) is 6.15. The highest BCUT2D eigenvalue weighted by molar-refractivity contribution is 6.02. The number of aromatic carboxylic acids is 1. The Morgan fingerprint density at radius 3 is 2.08 bits per heavy atom. The summed E-state index contributed by atoms with van der Waals surface area (Å²) in [7, 11) is 0. The van der Waals surface area contributed by atoms with Gasteiger partial charge in [-0.1, -0.05) is 75.0 Å². The van der Waals surface area contributed by atoms with Crippen molar-refractivity contribution in [2.45, 2.75) is 32.8 Å². The van der Waals surface area contributed by atoms with Gasteiger partial charge < -0.3 is 19.7 Å². The summed E-state index contributed by atoms with van der Waals surface area (Å²) in [5.41, 5.74) is 2.11. The van der Waals surface area contributed by atoms with Crippen molar-refractivity contribution in [1.29, 1.82) is 0 Å². The van der Waals surface area contributed by atoms with Gasteiger partial charge in [-0.25, -0.2) is 9.59 Å². The standard InChI is InChI=1S/C31H32O7/c1-20(2)21(3)27(33)16-17-29(26-14-8-9-15-28(26)37-19-18-32)38-31(36)25-13-7-5-11-23(25)22-10-4-6-12-24(22)30(34)35/h4-15,20,29,32H,3,16-19H2,1-2H3,(H,34,35)/t29-/m1/s1. The van der Waals surface area contributed by atoms with E-state index in [0.717, 1.165) is 0 Å². The van der Waals surface area contributed by atoms with Crippen molar-refractivity contribution in [1.82, 2.24) is 0 Å². The van der Waals surface area contributed by atoms with Crippen LogP contribution in [-0.2, 0) is 9.53 Å². The predicted octanol–water partition coefficient (Wildman–Crippen LogP) is 5.88. The summed E-state index contributed by atoms with van der Waals surface area (Å²) in [4.78, 5) is 38.1. The Bertz CT molecular complexity index is 1310. The molecule has 1 atom stereocenters. The molecule has 0 heterocycles. The van der Waals surface area contributed by atoms with Crippen LogP contribution >= 0.6 is 0 Å². The molecule has 7 nitrogen and oxygen atoms in total. The number of carbonyl (C=O) groups excluding carboxylic acids is 2. The Kier molecular flexibility index (Phi) is 9.96. The fourth-order valence-electron chi connectivity index (χ4n) is 4.05. The Morgan fingerprint density at radius 2 is 1.45 bits per heavy atom. The van der Waals surface area contributed by atoms with E-state index in [1.807, 2.05) is 13.8 Å². The van der Waals surface area contributed by atoms with Crippen LogP contribution in [0.5, 0.6) is 5.75 Å². The topological polar surface area (TPSA) is 110 Å². The zero-order chi connectivity index (χ0) is 27.7. The molecule has 7 heteroatoms. The number of carboxylic acids is 1. The summed E-state index contributed by atoms with van der Waals surface area (Å²) in [5, 5.41) is 18.9. The summed E-state index contributed by atoms with van der Waals surface area (Å²) in [5.74, 6) is -1.48. The number of carboxylic acid groups (broad SMARTS) is 1. The number of carbonyl (C=O) groups is 3. The molecule has 0 aliphatic heterocycles. The normalized spacial score (nSPS) is 11.6. The van der Waals surface area contributed by atoms with E-state index in [2.05, 4.69) is 6.58 Å². The number of ether oxygens (including phenoxy) is 2. The molecule has 3 aromatic rings. The number of para-hydroxylation sites is 1. The minimum atomic E-state index is -1.11. The van der Waals surface area contributed by atoms with Crippen LogP contribution in [0, 0.1) is 5.92 Å². The highest BCUT2D eigenvalue weighted by Gasteiger charge is 2.26. The Morgan fingerprint density at radius 1 is 0.868 bits per heavy atom. The molecule has 0 radical (unpaired) electrons. The quantitative estimate of drug-likeness (QED) is 0.216. The number of aliphatic hydroxyl groups is 1. The Labute approximate surface area is 222 Å². The predicted molar refractivity (Wildman–Crippen MR) is 144 cm³/mol. The van der Waals surface area contributed by atoms with E-state index in [9.17, 15) is 24.6 Å². The molecule has 0 fully saturated rings. The molecule has 0 saturated carbocycles. The minimum Gasteiger partial charge on any atom is -0.491 e. The van der Waals surface area contributed by atoms with Gasteiger partial charge in [0, 0.05) is 12.0 Å². The number of benzene rings is 3. The van der Waals surface area contributed by atoms with E-state index in [0.29, 0.717) is 28.0 Å². The van der Waals surface area contributed by atoms with Gasteiger partial charge in [0.15, 0.2) is 5.78 Å². The van der Waals surface area contributed by atoms with Crippen LogP contribution in [0.15, 0.2) is 84.9 Å². The van der Waals surface area contributed by atoms with Crippen molar-refractivity contribution < 1.29 is 34.1 Å². The molecule has 3 rings (SSSR count). The van der Waals surface area contributed by atoms with Crippen molar-refractivity contribution in [2.75, 3.05) is 13.2 Å². The van der Waals surface area contributed by atoms with Gasteiger partial charge in [0.25, 0.3) is 0 Å². The van der Waals surface area contributed by atoms with Crippen LogP contribution in [0.3, 0.4) is 0 Å². The molecule has 0 aliphatic carbocycles. The second kappa shape index (κ2) is 13.4. The van der Waals surface area contributed by atoms with Crippen LogP contribution < -0.4 is 4.74 Å². The van der Waals surface area contributed by atoms with Crippen LogP contribution in [0.25, 0.3) is 11.1 Å². The lowest BCUT2D eigenvalue weighted by molar-refractivity contribution is -0.116. The van der Waals surface area contributed by atoms with Gasteiger partial charge in [-0.05, 0) is 47.2 Å². The Balaban J connectivity index is 1.98. The van der Waals surface area contributed by atoms with Gasteiger partial charge in [0.1, 0.15) is 18.5 Å². The number of esters is 1. The summed E-state index contributed by atoms with van der Waals surface area (Å²) in [6.45, 7) is 7.52. The maximum atomic E-state index is 13.6. The highest BCUT2D eigenvalue weighted by atomic mass is 16.5. The first-order chi connectivity index (χ1) is 18.2. The smallest absolute Gasteiger partial charge is 0.339 e. The second-order valence-electron chi connectivity index (χ2n) is 9.04. The van der Waals surface area contributed by atoms with Crippen LogP contribution in [0.2, 0.25) is 0 Å². The fourth-order valence-corrected chi connectivity index (χ4v) is 4.05. The first-order valence-electron chi connectivity index (χ1n) is 12.4. The fraction of sp³-hybridized carbons (Fsp3) is 0.258. The van der Waals surface area contributed by atoms with Crippen molar-refractivity contribution in [3.8, 4) is 16.9 Å². The third kappa shape index (κ3) is 6.95. The van der Waals surface area contributed by atoms with Crippen LogP contribution in [0.4, 0.5) is 0 Å². The van der Waals surface area contributed by atoms with Crippen molar-refractivity contribution in [3.05, 3.63) is 102 Å². The molecule has 2 N–H and O–H groups in total. The van der Waals surface area contributed by atoms with Crippen molar-refractivity contribution >= 4 is 17.7 Å². The van der Waals surface area contributed by atoms with Gasteiger partial charge in [-0.2, -0.15) is 0 Å². The van der Waals surface area contributed by atoms with Gasteiger partial charge in [0.05, 0.1) is 17.7 Å². The molecule has 3 aromatic carbocycles. The first kappa shape index (κ1) is 28.3. The monoisotopic (exact) mass is 516 g/mol. The second-order valence-corrected chi connectivity index (χ2v) is 9.04. The van der Waals surface area contributed by atoms with Gasteiger partial charge in [-0.3, -0.25) is 4.79 Å². The zero-order valence-corrected chi connectivity index (χ0v) is 21.6. The molecule has 0 spiro atoms. The van der Waals surface area contributed by atoms with E-state index in [1.54, 1.807) is 66.7 Å². The number of allylic oxidation sites excluding steroid dienone is 1. The summed E-state index contributed by atoms with van der Waals surface area (Å²) in [6, 6.07) is 20.1. The highest BCUT2D eigenvalue weighted by Crippen LogP contribution is 2.34. The molecular formula is C31H32O7. The van der Waals surface area contributed by atoms with E-state index >= 15 is 0 Å². The van der Waals surface area contributed by atoms with Gasteiger partial charge in [0.2, 0.25) is 0 Å². The summed E-state index contributed by atoms with van der Waals surface area (Å²) < 4.78 is 11.7. The van der Waals surface area contributed by atoms with Crippen molar-refractivity contribution in [3.63, 3.8) is 0 Å². The number of Topliss-reactive ketones (excluding diaryl/α,β-unsaturated/α-hetero) is 1. The third-order valence-corrected chi connectivity index (χ3v) is 6.15. The summed E-state index contributed by atoms with van der Waals surface area (Å²) in [6.07, 6.45) is -0.555. The summed E-state index contributed by atoms with van der Waals surface area (Å²) >= 11 is 0. The molecule has 38 heavy (non-hydrogen) atoms. The van der Waals surface area contributed by atoms with E-state index in [4.69, 9.17) is 9.47 Å². The van der Waals surface area contributed by atoms with Crippen molar-refractivity contribution in [2.24, 2.45) is 5.92 Å². The average Bonchev–Trinajstić information content (AvgIpc) is 2.93. The number of hydrogen-bond acceptors (Lipinski definition) is 6. The maximum absolute atomic E-state index is 13.6. The lowest BCUT2D eigenvalue weighted by Crippen LogP contribution is -2.17. The maximum Gasteiger partial charge on any atom is 0.339 e. The average molecular weight is 517 g/mol. The van der Waals surface area contributed by atoms with E-state index < -0.39 is 18.0 Å². The lowest BCUT2D eigenvalue weighted by Gasteiger charge is -2.22. The van der Waals surface area contributed by atoms with E-state index in [-0.39, 0.29) is 48.9 Å². The lowest BCUT2D eigenvalue weighted by atomic mass is 9.94. The molecule has 0 saturated heterocycles. The molecule has 0 unspecified atom stereocenters. The van der Waals surface area contributed by atoms with Gasteiger partial charge >= 0.3 is 11.9 Å². The first-order valence-corrected chi connectivity index (χ1v) is 12.4. The Hall–Kier alpha value is -4.23. The number of rotatable bonds is 13. The largest absolute Gasteiger partial charge is 0.491 e. The van der Waals surface area contributed by atoms with Gasteiger partial charge in [-0.15, -0.1) is 0 Å². The molecule has 0 aromatic heterocycles. The SMILES string of the molecule is C=C(C(=O)CC[C@@H](OC(=O)c1ccccc1-c1ccccc1C(=O)O)c1ccccc1OCCO)C(C)C. The number of hydrogen-bond donors (Lipinski definition) is 2. The molecule has 0 amide bonds. The number of ketones is 1. The van der Waals surface area contributed by atoms with E-state index in [1.165, 1.54) is 6.07 Å². The number of aliphatic hydroxyl groups excluding tert-OH is 1. The molecule has 0 aliphatic rings. The van der Waals surface area contributed by atoms with Crippen LogP contribution in [0.1, 0.15) is 59.1 Å². The minimum absolute atomic E-state index is 0.00939. The molecule has 198 valence electrons. The molecule has 0 bridgehead atoms. The van der Waals surface area contributed by atoms with Crippen LogP contribution in [-0.4, -0.2) is 41.1 Å².